The Balaban J connectivity index is 1.45. The van der Waals surface area contributed by atoms with Crippen LogP contribution in [0.4, 0.5) is 4.39 Å². The zero-order chi connectivity index (χ0) is 22.3. The number of benzene rings is 2. The molecule has 1 aromatic heterocycles. The van der Waals surface area contributed by atoms with E-state index in [1.165, 1.54) is 18.3 Å². The van der Waals surface area contributed by atoms with E-state index in [0.29, 0.717) is 36.6 Å². The summed E-state index contributed by atoms with van der Waals surface area (Å²) in [6.07, 6.45) is 1.52. The quantitative estimate of drug-likeness (QED) is 0.613. The zero-order valence-electron chi connectivity index (χ0n) is 18.0. The third kappa shape index (κ3) is 5.30. The highest BCUT2D eigenvalue weighted by Crippen LogP contribution is 2.24. The molecule has 166 valence electrons. The normalized spacial score (nSPS) is 15.2. The van der Waals surface area contributed by atoms with Crippen LogP contribution in [0, 0.1) is 5.82 Å². The van der Waals surface area contributed by atoms with Gasteiger partial charge in [0.1, 0.15) is 11.6 Å². The standard InChI is InChI=1S/C25H26FN3O3/c1-31-22-8-5-18(6-9-22)24(29-11-13-32-14-12-29)17-28-25(30)20-7-10-23(27-16-20)19-3-2-4-21(26)15-19/h2-10,15-16,24H,11-14,17H2,1H3,(H,28,30). The molecule has 1 atom stereocenters. The number of amides is 1. The summed E-state index contributed by atoms with van der Waals surface area (Å²) in [5.74, 6) is 0.275. The minimum atomic E-state index is -0.321. The number of hydrogen-bond acceptors (Lipinski definition) is 5. The van der Waals surface area contributed by atoms with E-state index in [0.717, 1.165) is 24.4 Å². The molecule has 7 heteroatoms. The van der Waals surface area contributed by atoms with Gasteiger partial charge in [0.15, 0.2) is 0 Å². The number of aromatic nitrogens is 1. The van der Waals surface area contributed by atoms with Crippen LogP contribution < -0.4 is 10.1 Å². The molecule has 1 saturated heterocycles. The van der Waals surface area contributed by atoms with Gasteiger partial charge < -0.3 is 14.8 Å². The first kappa shape index (κ1) is 21.9. The number of halogens is 1. The number of carbonyl (C=O) groups is 1. The van der Waals surface area contributed by atoms with Crippen molar-refractivity contribution in [1.29, 1.82) is 0 Å². The number of morpholine rings is 1. The fourth-order valence-corrected chi connectivity index (χ4v) is 3.81. The van der Waals surface area contributed by atoms with Gasteiger partial charge >= 0.3 is 0 Å². The molecule has 32 heavy (non-hydrogen) atoms. The summed E-state index contributed by atoms with van der Waals surface area (Å²) >= 11 is 0. The van der Waals surface area contributed by atoms with Gasteiger partial charge in [0, 0.05) is 31.4 Å². The Morgan fingerprint density at radius 3 is 2.59 bits per heavy atom. The van der Waals surface area contributed by atoms with Crippen LogP contribution in [-0.4, -0.2) is 55.7 Å². The van der Waals surface area contributed by atoms with E-state index in [1.807, 2.05) is 24.3 Å². The summed E-state index contributed by atoms with van der Waals surface area (Å²) in [6.45, 7) is 3.40. The van der Waals surface area contributed by atoms with Crippen LogP contribution in [0.1, 0.15) is 22.0 Å². The van der Waals surface area contributed by atoms with Gasteiger partial charge in [0.2, 0.25) is 0 Å². The maximum absolute atomic E-state index is 13.5. The predicted octanol–water partition coefficient (Wildman–Crippen LogP) is 3.70. The van der Waals surface area contributed by atoms with Crippen LogP contribution in [0.3, 0.4) is 0 Å². The van der Waals surface area contributed by atoms with Crippen molar-refractivity contribution in [2.24, 2.45) is 0 Å². The molecule has 0 bridgehead atoms. The van der Waals surface area contributed by atoms with Crippen LogP contribution >= 0.6 is 0 Å². The molecule has 1 aliphatic rings. The van der Waals surface area contributed by atoms with E-state index in [2.05, 4.69) is 15.2 Å². The van der Waals surface area contributed by atoms with Crippen molar-refractivity contribution in [3.63, 3.8) is 0 Å². The molecule has 1 aliphatic heterocycles. The minimum Gasteiger partial charge on any atom is -0.497 e. The second-order valence-corrected chi connectivity index (χ2v) is 7.59. The molecule has 0 aliphatic carbocycles. The third-order valence-corrected chi connectivity index (χ3v) is 5.59. The molecule has 2 heterocycles. The molecule has 1 amide bonds. The largest absolute Gasteiger partial charge is 0.497 e. The maximum atomic E-state index is 13.5. The number of methoxy groups -OCH3 is 1. The Hall–Kier alpha value is -3.29. The molecule has 2 aromatic carbocycles. The van der Waals surface area contributed by atoms with E-state index in [-0.39, 0.29) is 17.8 Å². The monoisotopic (exact) mass is 435 g/mol. The second kappa shape index (κ2) is 10.3. The van der Waals surface area contributed by atoms with Crippen LogP contribution in [0.15, 0.2) is 66.9 Å². The highest BCUT2D eigenvalue weighted by molar-refractivity contribution is 5.94. The molecule has 3 aromatic rings. The van der Waals surface area contributed by atoms with Gasteiger partial charge in [-0.2, -0.15) is 0 Å². The van der Waals surface area contributed by atoms with E-state index in [9.17, 15) is 9.18 Å². The van der Waals surface area contributed by atoms with Crippen LogP contribution in [0.2, 0.25) is 0 Å². The topological polar surface area (TPSA) is 63.7 Å². The lowest BCUT2D eigenvalue weighted by Crippen LogP contribution is -2.43. The minimum absolute atomic E-state index is 0.0216. The van der Waals surface area contributed by atoms with Crippen molar-refractivity contribution in [2.45, 2.75) is 6.04 Å². The molecule has 1 unspecified atom stereocenters. The zero-order valence-corrected chi connectivity index (χ0v) is 18.0. The second-order valence-electron chi connectivity index (χ2n) is 7.59. The average molecular weight is 435 g/mol. The van der Waals surface area contributed by atoms with E-state index in [1.54, 1.807) is 31.4 Å². The fraction of sp³-hybridized carbons (Fsp3) is 0.280. The Morgan fingerprint density at radius 2 is 1.94 bits per heavy atom. The number of carbonyl (C=O) groups excluding carboxylic acids is 1. The summed E-state index contributed by atoms with van der Waals surface area (Å²) < 4.78 is 24.2. The number of ether oxygens (including phenoxy) is 2. The summed E-state index contributed by atoms with van der Waals surface area (Å²) in [7, 11) is 1.64. The van der Waals surface area contributed by atoms with Crippen LogP contribution in [0.25, 0.3) is 11.3 Å². The van der Waals surface area contributed by atoms with Gasteiger partial charge in [-0.25, -0.2) is 4.39 Å². The number of nitrogens with one attached hydrogen (secondary N) is 1. The van der Waals surface area contributed by atoms with Crippen LogP contribution in [0.5, 0.6) is 5.75 Å². The molecule has 1 fully saturated rings. The van der Waals surface area contributed by atoms with E-state index in [4.69, 9.17) is 9.47 Å². The lowest BCUT2D eigenvalue weighted by Gasteiger charge is -2.35. The molecule has 0 spiro atoms. The first-order chi connectivity index (χ1) is 15.6. The predicted molar refractivity (Wildman–Crippen MR) is 120 cm³/mol. The lowest BCUT2D eigenvalue weighted by atomic mass is 10.0. The molecule has 6 nitrogen and oxygen atoms in total. The Morgan fingerprint density at radius 1 is 1.16 bits per heavy atom. The van der Waals surface area contributed by atoms with Crippen molar-refractivity contribution in [2.75, 3.05) is 40.0 Å². The molecule has 0 saturated carbocycles. The van der Waals surface area contributed by atoms with Crippen molar-refractivity contribution >= 4 is 5.91 Å². The van der Waals surface area contributed by atoms with Crippen molar-refractivity contribution in [1.82, 2.24) is 15.2 Å². The van der Waals surface area contributed by atoms with Gasteiger partial charge in [0.25, 0.3) is 5.91 Å². The molecular formula is C25H26FN3O3. The van der Waals surface area contributed by atoms with Gasteiger partial charge in [-0.05, 0) is 42.0 Å². The Labute approximate surface area is 187 Å². The SMILES string of the molecule is COc1ccc(C(CNC(=O)c2ccc(-c3cccc(F)c3)nc2)N2CCOCC2)cc1. The van der Waals surface area contributed by atoms with Gasteiger partial charge in [0.05, 0.1) is 37.6 Å². The Bertz CT molecular complexity index is 1040. The molecule has 0 radical (unpaired) electrons. The first-order valence-electron chi connectivity index (χ1n) is 10.6. The third-order valence-electron chi connectivity index (χ3n) is 5.59. The summed E-state index contributed by atoms with van der Waals surface area (Å²) in [6, 6.07) is 17.6. The first-order valence-corrected chi connectivity index (χ1v) is 10.6. The van der Waals surface area contributed by atoms with E-state index < -0.39 is 0 Å². The molecule has 4 rings (SSSR count). The molecule has 1 N–H and O–H groups in total. The van der Waals surface area contributed by atoms with Crippen LogP contribution in [-0.2, 0) is 4.74 Å². The molecular weight excluding hydrogens is 409 g/mol. The number of hydrogen-bond donors (Lipinski definition) is 1. The van der Waals surface area contributed by atoms with Crippen molar-refractivity contribution in [3.8, 4) is 17.0 Å². The lowest BCUT2D eigenvalue weighted by molar-refractivity contribution is 0.0162. The highest BCUT2D eigenvalue weighted by atomic mass is 19.1. The number of rotatable bonds is 7. The van der Waals surface area contributed by atoms with Crippen molar-refractivity contribution < 1.29 is 18.7 Å². The smallest absolute Gasteiger partial charge is 0.252 e. The summed E-state index contributed by atoms with van der Waals surface area (Å²) in [4.78, 5) is 19.4. The summed E-state index contributed by atoms with van der Waals surface area (Å²) in [5, 5.41) is 3.04. The van der Waals surface area contributed by atoms with Gasteiger partial charge in [-0.3, -0.25) is 14.7 Å². The van der Waals surface area contributed by atoms with Gasteiger partial charge in [-0.1, -0.05) is 24.3 Å². The van der Waals surface area contributed by atoms with Gasteiger partial charge in [-0.15, -0.1) is 0 Å². The average Bonchev–Trinajstić information content (AvgIpc) is 2.85. The summed E-state index contributed by atoms with van der Waals surface area (Å²) in [5.41, 5.74) is 2.85. The maximum Gasteiger partial charge on any atom is 0.252 e. The number of nitrogens with zero attached hydrogens (tertiary/aromatic N) is 2. The number of pyridine rings is 1. The highest BCUT2D eigenvalue weighted by Gasteiger charge is 2.23. The Kier molecular flexibility index (Phi) is 7.09. The van der Waals surface area contributed by atoms with Crippen molar-refractivity contribution in [3.05, 3.63) is 83.8 Å². The fourth-order valence-electron chi connectivity index (χ4n) is 3.81. The van der Waals surface area contributed by atoms with E-state index >= 15 is 0 Å².